The molecule has 0 atom stereocenters. The van der Waals surface area contributed by atoms with Crippen LogP contribution >= 0.6 is 0 Å². The molecule has 0 fully saturated rings. The summed E-state index contributed by atoms with van der Waals surface area (Å²) in [5, 5.41) is 33.6. The second kappa shape index (κ2) is 7.74. The Kier molecular flexibility index (Phi) is 7.06. The fourth-order valence-electron chi connectivity index (χ4n) is 0.717. The highest BCUT2D eigenvalue weighted by molar-refractivity contribution is 5.93. The first-order chi connectivity index (χ1) is 7.82. The first-order valence-electron chi connectivity index (χ1n) is 4.55. The van der Waals surface area contributed by atoms with Gasteiger partial charge in [-0.3, -0.25) is 4.79 Å². The minimum Gasteiger partial charge on any atom is -0.460 e. The van der Waals surface area contributed by atoms with Gasteiger partial charge in [-0.15, -0.1) is 0 Å². The summed E-state index contributed by atoms with van der Waals surface area (Å²) in [6, 6.07) is 0. The molecular formula is C9H14O8. The number of ether oxygens (including phenoxy) is 2. The molecule has 0 aliphatic heterocycles. The van der Waals surface area contributed by atoms with Gasteiger partial charge in [0.15, 0.2) is 12.6 Å². The zero-order valence-corrected chi connectivity index (χ0v) is 8.90. The fraction of sp³-hybridized carbons (Fsp3) is 0.556. The molecule has 0 aromatic carbocycles. The van der Waals surface area contributed by atoms with Crippen LogP contribution in [0, 0.1) is 0 Å². The first-order valence-corrected chi connectivity index (χ1v) is 4.55. The van der Waals surface area contributed by atoms with E-state index in [9.17, 15) is 9.59 Å². The number of hydrogen-bond donors (Lipinski definition) is 4. The van der Waals surface area contributed by atoms with Gasteiger partial charge in [0.2, 0.25) is 0 Å². The third kappa shape index (κ3) is 8.34. The van der Waals surface area contributed by atoms with Crippen LogP contribution in [0.5, 0.6) is 0 Å². The van der Waals surface area contributed by atoms with Crippen molar-refractivity contribution < 1.29 is 39.5 Å². The maximum atomic E-state index is 11.1. The third-order valence-electron chi connectivity index (χ3n) is 1.40. The third-order valence-corrected chi connectivity index (χ3v) is 1.40. The van der Waals surface area contributed by atoms with Crippen LogP contribution in [0.4, 0.5) is 0 Å². The average Bonchev–Trinajstić information content (AvgIpc) is 2.22. The maximum absolute atomic E-state index is 11.1. The zero-order valence-electron chi connectivity index (χ0n) is 8.90. The Morgan fingerprint density at radius 2 is 1.47 bits per heavy atom. The summed E-state index contributed by atoms with van der Waals surface area (Å²) in [5.41, 5.74) is -0.247. The molecule has 0 amide bonds. The van der Waals surface area contributed by atoms with Crippen LogP contribution in [0.2, 0.25) is 0 Å². The van der Waals surface area contributed by atoms with Gasteiger partial charge in [0.1, 0.15) is 13.2 Å². The summed E-state index contributed by atoms with van der Waals surface area (Å²) in [6.07, 6.45) is -4.08. The molecule has 0 aromatic heterocycles. The second-order valence-electron chi connectivity index (χ2n) is 3.02. The molecule has 0 saturated heterocycles. The highest BCUT2D eigenvalue weighted by Crippen LogP contribution is 2.03. The van der Waals surface area contributed by atoms with Gasteiger partial charge >= 0.3 is 11.9 Å². The topological polar surface area (TPSA) is 134 Å². The van der Waals surface area contributed by atoms with Crippen molar-refractivity contribution in [2.45, 2.75) is 19.0 Å². The van der Waals surface area contributed by atoms with Crippen LogP contribution in [0.3, 0.4) is 0 Å². The number of esters is 2. The molecule has 0 aliphatic rings. The van der Waals surface area contributed by atoms with Gasteiger partial charge in [0, 0.05) is 5.57 Å². The number of hydrogen-bond acceptors (Lipinski definition) is 8. The Bertz CT molecular complexity index is 283. The highest BCUT2D eigenvalue weighted by Gasteiger charge is 2.15. The molecular weight excluding hydrogens is 236 g/mol. The largest absolute Gasteiger partial charge is 0.460 e. The van der Waals surface area contributed by atoms with Crippen LogP contribution in [0.25, 0.3) is 0 Å². The summed E-state index contributed by atoms with van der Waals surface area (Å²) in [5.74, 6) is -1.86. The normalized spacial score (nSPS) is 10.5. The van der Waals surface area contributed by atoms with Crippen molar-refractivity contribution in [3.63, 3.8) is 0 Å². The predicted molar refractivity (Wildman–Crippen MR) is 52.1 cm³/mol. The molecule has 0 radical (unpaired) electrons. The van der Waals surface area contributed by atoms with E-state index in [0.29, 0.717) is 0 Å². The molecule has 8 heteroatoms. The van der Waals surface area contributed by atoms with Crippen LogP contribution in [-0.4, -0.2) is 58.2 Å². The molecule has 0 heterocycles. The zero-order chi connectivity index (χ0) is 13.4. The van der Waals surface area contributed by atoms with E-state index in [1.807, 2.05) is 0 Å². The summed E-state index contributed by atoms with van der Waals surface area (Å²) < 4.78 is 8.69. The van der Waals surface area contributed by atoms with Crippen molar-refractivity contribution in [2.75, 3.05) is 13.2 Å². The molecule has 0 aromatic rings. The van der Waals surface area contributed by atoms with E-state index in [-0.39, 0.29) is 5.57 Å². The van der Waals surface area contributed by atoms with Gasteiger partial charge in [-0.25, -0.2) is 4.79 Å². The van der Waals surface area contributed by atoms with Crippen molar-refractivity contribution >= 4 is 11.9 Å². The lowest BCUT2D eigenvalue weighted by Gasteiger charge is -2.08. The molecule has 4 N–H and O–H groups in total. The van der Waals surface area contributed by atoms with Crippen molar-refractivity contribution in [1.82, 2.24) is 0 Å². The van der Waals surface area contributed by atoms with Gasteiger partial charge < -0.3 is 29.9 Å². The second-order valence-corrected chi connectivity index (χ2v) is 3.02. The molecule has 17 heavy (non-hydrogen) atoms. The number of aliphatic hydroxyl groups is 4. The Labute approximate surface area is 96.7 Å². The lowest BCUT2D eigenvalue weighted by atomic mass is 10.2. The van der Waals surface area contributed by atoms with Crippen molar-refractivity contribution in [1.29, 1.82) is 0 Å². The minimum atomic E-state index is -1.80. The quantitative estimate of drug-likeness (QED) is 0.224. The smallest absolute Gasteiger partial charge is 0.334 e. The number of carbonyl (C=O) groups is 2. The SMILES string of the molecule is C=C(CC(=O)OCC(O)O)C(=O)OCC(O)O. The van der Waals surface area contributed by atoms with E-state index in [2.05, 4.69) is 16.1 Å². The van der Waals surface area contributed by atoms with Gasteiger partial charge in [0.25, 0.3) is 0 Å². The van der Waals surface area contributed by atoms with Crippen molar-refractivity contribution in [3.8, 4) is 0 Å². The van der Waals surface area contributed by atoms with E-state index in [1.54, 1.807) is 0 Å². The molecule has 0 aliphatic carbocycles. The van der Waals surface area contributed by atoms with Gasteiger partial charge in [-0.1, -0.05) is 6.58 Å². The summed E-state index contributed by atoms with van der Waals surface area (Å²) in [6.45, 7) is 1.98. The Balaban J connectivity index is 3.91. The van der Waals surface area contributed by atoms with E-state index in [0.717, 1.165) is 0 Å². The van der Waals surface area contributed by atoms with Crippen LogP contribution in [0.1, 0.15) is 6.42 Å². The predicted octanol–water partition coefficient (Wildman–Crippen LogP) is -2.36. The van der Waals surface area contributed by atoms with Crippen molar-refractivity contribution in [3.05, 3.63) is 12.2 Å². The monoisotopic (exact) mass is 250 g/mol. The number of aliphatic hydroxyl groups excluding tert-OH is 2. The average molecular weight is 250 g/mol. The van der Waals surface area contributed by atoms with Crippen LogP contribution in [-0.2, 0) is 19.1 Å². The highest BCUT2D eigenvalue weighted by atomic mass is 16.6. The molecule has 0 rings (SSSR count). The lowest BCUT2D eigenvalue weighted by Crippen LogP contribution is -2.21. The molecule has 98 valence electrons. The summed E-state index contributed by atoms with van der Waals surface area (Å²) >= 11 is 0. The maximum Gasteiger partial charge on any atom is 0.334 e. The van der Waals surface area contributed by atoms with E-state index in [4.69, 9.17) is 20.4 Å². The van der Waals surface area contributed by atoms with E-state index < -0.39 is 44.2 Å². The number of rotatable bonds is 7. The van der Waals surface area contributed by atoms with E-state index >= 15 is 0 Å². The van der Waals surface area contributed by atoms with Gasteiger partial charge in [-0.05, 0) is 0 Å². The summed E-state index contributed by atoms with van der Waals surface area (Å²) in [7, 11) is 0. The van der Waals surface area contributed by atoms with Crippen LogP contribution < -0.4 is 0 Å². The van der Waals surface area contributed by atoms with Gasteiger partial charge in [0.05, 0.1) is 6.42 Å². The van der Waals surface area contributed by atoms with Crippen LogP contribution in [0.15, 0.2) is 12.2 Å². The molecule has 0 saturated carbocycles. The molecule has 0 spiro atoms. The molecule has 0 unspecified atom stereocenters. The Morgan fingerprint density at radius 1 is 1.00 bits per heavy atom. The lowest BCUT2D eigenvalue weighted by molar-refractivity contribution is -0.158. The standard InChI is InChI=1S/C9H14O8/c1-5(9(15)17-4-7(12)13)2-8(14)16-3-6(10)11/h6-7,10-13H,1-4H2. The minimum absolute atomic E-state index is 0.247. The molecule has 8 nitrogen and oxygen atoms in total. The van der Waals surface area contributed by atoms with Crippen molar-refractivity contribution in [2.24, 2.45) is 0 Å². The van der Waals surface area contributed by atoms with E-state index in [1.165, 1.54) is 0 Å². The van der Waals surface area contributed by atoms with Gasteiger partial charge in [-0.2, -0.15) is 0 Å². The number of carbonyl (C=O) groups excluding carboxylic acids is 2. The first kappa shape index (κ1) is 15.5. The fourth-order valence-corrected chi connectivity index (χ4v) is 0.717. The summed E-state index contributed by atoms with van der Waals surface area (Å²) in [4.78, 5) is 22.1. The molecule has 0 bridgehead atoms. The Hall–Kier alpha value is -1.48. The Morgan fingerprint density at radius 3 is 1.94 bits per heavy atom.